The lowest BCUT2D eigenvalue weighted by Gasteiger charge is -2.33. The number of aromatic amines is 1. The third kappa shape index (κ3) is 5.58. The third-order valence-electron chi connectivity index (χ3n) is 7.90. The van der Waals surface area contributed by atoms with Crippen molar-refractivity contribution in [2.45, 2.75) is 48.6 Å². The van der Waals surface area contributed by atoms with Crippen molar-refractivity contribution >= 4 is 70.9 Å². The number of anilines is 2. The van der Waals surface area contributed by atoms with Crippen LogP contribution in [0.1, 0.15) is 12.5 Å². The van der Waals surface area contributed by atoms with E-state index >= 15 is 4.39 Å². The van der Waals surface area contributed by atoms with Crippen molar-refractivity contribution in [2.24, 2.45) is 0 Å². The first-order valence-corrected chi connectivity index (χ1v) is 18.8. The maximum Gasteiger partial charge on any atom is 0.325 e. The molecule has 4 aromatic rings. The smallest absolute Gasteiger partial charge is 0.325 e. The normalized spacial score (nSPS) is 38.0. The molecule has 0 aliphatic carbocycles. The van der Waals surface area contributed by atoms with Gasteiger partial charge < -0.3 is 49.4 Å². The fourth-order valence-electron chi connectivity index (χ4n) is 5.70. The summed E-state index contributed by atoms with van der Waals surface area (Å²) >= 11 is 10.5. The van der Waals surface area contributed by atoms with Crippen LogP contribution in [0.15, 0.2) is 35.6 Å². The van der Waals surface area contributed by atoms with Gasteiger partial charge in [-0.3, -0.25) is 23.4 Å². The molecule has 3 aliphatic rings. The SMILES string of the molecule is C#C[C@@]12COP(O)(=S)O[C@@H]3[C@H](F)[C@@H](COP(O)(=S)O[C@H]1[C@@H](O)[C@H](n1ccc4c(N)ccnc41)O2)O[C@H]3n1cnc2c(=O)[nH]c(N)nc21. The third-order valence-corrected chi connectivity index (χ3v) is 11.0. The van der Waals surface area contributed by atoms with Crippen molar-refractivity contribution in [1.82, 2.24) is 29.1 Å². The summed E-state index contributed by atoms with van der Waals surface area (Å²) in [4.78, 5) is 49.3. The molecule has 250 valence electrons. The number of aromatic nitrogens is 6. The second kappa shape index (κ2) is 11.6. The summed E-state index contributed by atoms with van der Waals surface area (Å²) in [7, 11) is 0. The van der Waals surface area contributed by atoms with Gasteiger partial charge in [0.05, 0.1) is 19.5 Å². The zero-order chi connectivity index (χ0) is 33.5. The summed E-state index contributed by atoms with van der Waals surface area (Å²) in [5.74, 6) is 2.11. The van der Waals surface area contributed by atoms with Crippen LogP contribution in [-0.4, -0.2) is 93.4 Å². The van der Waals surface area contributed by atoms with E-state index in [1.54, 1.807) is 18.3 Å². The lowest BCUT2D eigenvalue weighted by Crippen LogP contribution is -2.47. The van der Waals surface area contributed by atoms with E-state index in [1.165, 1.54) is 10.8 Å². The Morgan fingerprint density at radius 3 is 2.66 bits per heavy atom. The molecule has 0 amide bonds. The summed E-state index contributed by atoms with van der Waals surface area (Å²) < 4.78 is 53.1. The molecule has 3 saturated heterocycles. The lowest BCUT2D eigenvalue weighted by molar-refractivity contribution is -0.0910. The number of rotatable bonds is 2. The second-order valence-electron chi connectivity index (χ2n) is 10.8. The van der Waals surface area contributed by atoms with E-state index in [1.807, 2.05) is 0 Å². The minimum atomic E-state index is -4.44. The van der Waals surface area contributed by atoms with Crippen LogP contribution in [0.5, 0.6) is 0 Å². The van der Waals surface area contributed by atoms with Crippen molar-refractivity contribution in [3.8, 4) is 12.3 Å². The topological polar surface area (TPSA) is 250 Å². The molecule has 2 unspecified atom stereocenters. The number of nitrogen functional groups attached to an aromatic ring is 2. The van der Waals surface area contributed by atoms with Crippen molar-refractivity contribution < 1.29 is 46.9 Å². The first-order valence-electron chi connectivity index (χ1n) is 13.6. The molecule has 7 rings (SSSR count). The molecule has 23 heteroatoms. The number of nitrogens with zero attached hydrogens (tertiary/aromatic N) is 5. The Morgan fingerprint density at radius 2 is 1.89 bits per heavy atom. The Kier molecular flexibility index (Phi) is 8.05. The number of hydrogen-bond donors (Lipinski definition) is 6. The largest absolute Gasteiger partial charge is 0.398 e. The average molecular weight is 731 g/mol. The predicted molar refractivity (Wildman–Crippen MR) is 168 cm³/mol. The van der Waals surface area contributed by atoms with Crippen LogP contribution < -0.4 is 17.0 Å². The maximum atomic E-state index is 16.0. The molecule has 4 aromatic heterocycles. The second-order valence-corrected chi connectivity index (χ2v) is 16.4. The van der Waals surface area contributed by atoms with Gasteiger partial charge in [-0.25, -0.2) is 14.4 Å². The molecule has 0 aromatic carbocycles. The fourth-order valence-corrected chi connectivity index (χ4v) is 8.54. The van der Waals surface area contributed by atoms with E-state index in [9.17, 15) is 19.7 Å². The summed E-state index contributed by atoms with van der Waals surface area (Å²) in [5.41, 5.74) is 9.51. The van der Waals surface area contributed by atoms with Gasteiger partial charge >= 0.3 is 13.4 Å². The number of fused-ring (bicyclic) bond motifs is 5. The Hall–Kier alpha value is -2.93. The maximum absolute atomic E-state index is 16.0. The monoisotopic (exact) mass is 730 g/mol. The summed E-state index contributed by atoms with van der Waals surface area (Å²) in [6.45, 7) is -10.3. The fraction of sp³-hybridized carbons (Fsp3) is 0.417. The number of aliphatic hydroxyl groups excluding tert-OH is 1. The molecule has 2 bridgehead atoms. The standard InChI is InChI=1S/C24H25FN8O10P2S2/c1-2-24-8-39-45(37,47)42-16-13(25)12(40-22(16)33-9-29-14-19(33)30-23(27)31-20(14)35)7-38-44(36,46)43-17(24)15(34)21(41-24)32-6-4-10-11(26)3-5-28-18(10)32/h1,3-6,9,12-13,15-17,21-22,34H,7-8H2,(H2,26,28)(H,36,46)(H,37,47)(H3,27,30,31,35)/t12-,13-,15-,16-,17+,21-,22-,24-,44?,45?/m1/s1. The van der Waals surface area contributed by atoms with Gasteiger partial charge in [0.15, 0.2) is 35.4 Å². The van der Waals surface area contributed by atoms with Gasteiger partial charge in [0.2, 0.25) is 5.95 Å². The van der Waals surface area contributed by atoms with Crippen LogP contribution in [0.2, 0.25) is 0 Å². The highest BCUT2D eigenvalue weighted by Crippen LogP contribution is 2.56. The van der Waals surface area contributed by atoms with Crippen LogP contribution in [0.4, 0.5) is 16.0 Å². The quantitative estimate of drug-likeness (QED) is 0.118. The molecule has 10 atom stereocenters. The van der Waals surface area contributed by atoms with Gasteiger partial charge in [0.25, 0.3) is 5.56 Å². The number of alkyl halides is 1. The number of imidazole rings is 1. The van der Waals surface area contributed by atoms with E-state index < -0.39 is 80.9 Å². The Labute approximate surface area is 273 Å². The number of nitrogens with one attached hydrogen (secondary N) is 1. The molecule has 0 spiro atoms. The van der Waals surface area contributed by atoms with E-state index in [-0.39, 0.29) is 17.1 Å². The minimum Gasteiger partial charge on any atom is -0.398 e. The Balaban J connectivity index is 1.25. The number of terminal acetylenes is 1. The molecule has 3 fully saturated rings. The van der Waals surface area contributed by atoms with E-state index in [2.05, 4.69) is 25.9 Å². The minimum absolute atomic E-state index is 0.0928. The van der Waals surface area contributed by atoms with Crippen LogP contribution in [0.3, 0.4) is 0 Å². The molecule has 8 N–H and O–H groups in total. The van der Waals surface area contributed by atoms with Crippen LogP contribution in [-0.2, 0) is 51.2 Å². The molecule has 7 heterocycles. The number of hydrogen-bond acceptors (Lipinski definition) is 15. The summed E-state index contributed by atoms with van der Waals surface area (Å²) in [6, 6.07) is 3.23. The predicted octanol–water partition coefficient (Wildman–Crippen LogP) is 0.0819. The number of pyridine rings is 1. The molecule has 47 heavy (non-hydrogen) atoms. The van der Waals surface area contributed by atoms with E-state index in [0.29, 0.717) is 16.7 Å². The molecular formula is C24H25FN8O10P2S2. The number of nitrogens with two attached hydrogens (primary N) is 2. The first-order chi connectivity index (χ1) is 22.2. The first kappa shape index (κ1) is 32.6. The van der Waals surface area contributed by atoms with E-state index in [0.717, 1.165) is 10.9 Å². The summed E-state index contributed by atoms with van der Waals surface area (Å²) in [5, 5.41) is 12.0. The number of H-pyrrole nitrogens is 1. The van der Waals surface area contributed by atoms with Crippen molar-refractivity contribution in [3.63, 3.8) is 0 Å². The lowest BCUT2D eigenvalue weighted by atomic mass is 9.97. The Bertz CT molecular complexity index is 2090. The zero-order valence-corrected chi connectivity index (χ0v) is 27.0. The van der Waals surface area contributed by atoms with Crippen molar-refractivity contribution in [1.29, 1.82) is 0 Å². The number of ether oxygens (including phenoxy) is 2. The Morgan fingerprint density at radius 1 is 1.13 bits per heavy atom. The highest BCUT2D eigenvalue weighted by Gasteiger charge is 2.59. The molecule has 0 saturated carbocycles. The number of aliphatic hydroxyl groups is 1. The molecule has 0 radical (unpaired) electrons. The van der Waals surface area contributed by atoms with E-state index in [4.69, 9.17) is 69.1 Å². The molecule has 3 aliphatic heterocycles. The summed E-state index contributed by atoms with van der Waals surface area (Å²) in [6.07, 6.45) is -1.29. The van der Waals surface area contributed by atoms with Gasteiger partial charge in [-0.1, -0.05) is 5.92 Å². The van der Waals surface area contributed by atoms with Gasteiger partial charge in [-0.05, 0) is 35.7 Å². The average Bonchev–Trinajstić information content (AvgIpc) is 3.76. The van der Waals surface area contributed by atoms with Gasteiger partial charge in [-0.2, -0.15) is 4.98 Å². The van der Waals surface area contributed by atoms with Gasteiger partial charge in [0, 0.05) is 23.5 Å². The number of halogens is 1. The molecular weight excluding hydrogens is 705 g/mol. The van der Waals surface area contributed by atoms with Crippen molar-refractivity contribution in [2.75, 3.05) is 24.7 Å². The van der Waals surface area contributed by atoms with Gasteiger partial charge in [-0.15, -0.1) is 6.42 Å². The molecule has 18 nitrogen and oxygen atoms in total. The van der Waals surface area contributed by atoms with Crippen LogP contribution >= 0.6 is 13.4 Å². The van der Waals surface area contributed by atoms with Crippen LogP contribution in [0.25, 0.3) is 22.2 Å². The van der Waals surface area contributed by atoms with Crippen molar-refractivity contribution in [3.05, 3.63) is 41.2 Å². The highest BCUT2D eigenvalue weighted by atomic mass is 32.5. The zero-order valence-electron chi connectivity index (χ0n) is 23.6. The highest BCUT2D eigenvalue weighted by molar-refractivity contribution is 8.07. The van der Waals surface area contributed by atoms with Crippen LogP contribution in [0, 0.1) is 12.3 Å². The van der Waals surface area contributed by atoms with Gasteiger partial charge in [0.1, 0.15) is 30.1 Å².